The highest BCUT2D eigenvalue weighted by molar-refractivity contribution is 5.95. The summed E-state index contributed by atoms with van der Waals surface area (Å²) in [6.07, 6.45) is 1.60. The van der Waals surface area contributed by atoms with Crippen LogP contribution in [0.4, 0.5) is 0 Å². The standard InChI is InChI=1S/C9H17N3O2/c1-3-4-12-6-7(11-14-2)5-8(12)9(10)13/h8H,3-6H2,1-2H3,(H2,10,13). The Kier molecular flexibility index (Phi) is 3.88. The van der Waals surface area contributed by atoms with E-state index in [9.17, 15) is 4.79 Å². The maximum Gasteiger partial charge on any atom is 0.235 e. The van der Waals surface area contributed by atoms with Gasteiger partial charge in [0.1, 0.15) is 7.11 Å². The fourth-order valence-electron chi connectivity index (χ4n) is 1.76. The molecule has 0 radical (unpaired) electrons. The van der Waals surface area contributed by atoms with Crippen molar-refractivity contribution in [2.45, 2.75) is 25.8 Å². The number of carbonyl (C=O) groups excluding carboxylic acids is 1. The number of nitrogens with two attached hydrogens (primary N) is 1. The highest BCUT2D eigenvalue weighted by atomic mass is 16.6. The Bertz CT molecular complexity index is 240. The molecule has 2 N–H and O–H groups in total. The monoisotopic (exact) mass is 199 g/mol. The molecule has 80 valence electrons. The fourth-order valence-corrected chi connectivity index (χ4v) is 1.76. The van der Waals surface area contributed by atoms with Gasteiger partial charge >= 0.3 is 0 Å². The molecule has 1 aliphatic rings. The minimum Gasteiger partial charge on any atom is -0.399 e. The highest BCUT2D eigenvalue weighted by Gasteiger charge is 2.32. The van der Waals surface area contributed by atoms with Gasteiger partial charge in [-0.1, -0.05) is 12.1 Å². The quantitative estimate of drug-likeness (QED) is 0.646. The summed E-state index contributed by atoms with van der Waals surface area (Å²) >= 11 is 0. The molecule has 1 amide bonds. The smallest absolute Gasteiger partial charge is 0.235 e. The van der Waals surface area contributed by atoms with Gasteiger partial charge in [-0.2, -0.15) is 0 Å². The van der Waals surface area contributed by atoms with E-state index < -0.39 is 0 Å². The molecule has 0 aromatic heterocycles. The molecule has 1 unspecified atom stereocenters. The molecule has 1 atom stereocenters. The summed E-state index contributed by atoms with van der Waals surface area (Å²) in [7, 11) is 1.51. The zero-order valence-electron chi connectivity index (χ0n) is 8.69. The lowest BCUT2D eigenvalue weighted by Gasteiger charge is -2.19. The van der Waals surface area contributed by atoms with E-state index in [0.717, 1.165) is 18.7 Å². The van der Waals surface area contributed by atoms with Crippen LogP contribution in [0.2, 0.25) is 0 Å². The third-order valence-electron chi connectivity index (χ3n) is 2.31. The Hall–Kier alpha value is -1.10. The second kappa shape index (κ2) is 4.95. The van der Waals surface area contributed by atoms with Crippen LogP contribution >= 0.6 is 0 Å². The van der Waals surface area contributed by atoms with Gasteiger partial charge in [0, 0.05) is 13.0 Å². The van der Waals surface area contributed by atoms with Crippen molar-refractivity contribution in [2.75, 3.05) is 20.2 Å². The third-order valence-corrected chi connectivity index (χ3v) is 2.31. The number of rotatable bonds is 4. The highest BCUT2D eigenvalue weighted by Crippen LogP contribution is 2.15. The SMILES string of the molecule is CCCN1CC(=NOC)CC1C(N)=O. The third kappa shape index (κ3) is 2.45. The number of carbonyl (C=O) groups is 1. The molecule has 5 heteroatoms. The van der Waals surface area contributed by atoms with Crippen LogP contribution in [0.15, 0.2) is 5.16 Å². The summed E-state index contributed by atoms with van der Waals surface area (Å²) in [6, 6.07) is -0.205. The summed E-state index contributed by atoms with van der Waals surface area (Å²) in [4.78, 5) is 17.9. The molecule has 14 heavy (non-hydrogen) atoms. The van der Waals surface area contributed by atoms with E-state index in [2.05, 4.69) is 16.9 Å². The maximum absolute atomic E-state index is 11.1. The molecular formula is C9H17N3O2. The van der Waals surface area contributed by atoms with Gasteiger partial charge < -0.3 is 10.6 Å². The van der Waals surface area contributed by atoms with Crippen LogP contribution in [-0.2, 0) is 9.63 Å². The molecule has 1 saturated heterocycles. The number of likely N-dealkylation sites (tertiary alicyclic amines) is 1. The van der Waals surface area contributed by atoms with Crippen LogP contribution in [0.25, 0.3) is 0 Å². The minimum absolute atomic E-state index is 0.205. The van der Waals surface area contributed by atoms with Gasteiger partial charge in [0.05, 0.1) is 11.8 Å². The normalized spacial score (nSPS) is 25.6. The van der Waals surface area contributed by atoms with E-state index in [-0.39, 0.29) is 11.9 Å². The molecule has 0 spiro atoms. The largest absolute Gasteiger partial charge is 0.399 e. The second-order valence-corrected chi connectivity index (χ2v) is 3.43. The van der Waals surface area contributed by atoms with E-state index in [0.29, 0.717) is 13.0 Å². The first-order valence-electron chi connectivity index (χ1n) is 4.81. The lowest BCUT2D eigenvalue weighted by molar-refractivity contribution is -0.122. The van der Waals surface area contributed by atoms with Crippen molar-refractivity contribution < 1.29 is 9.63 Å². The number of oxime groups is 1. The summed E-state index contributed by atoms with van der Waals surface area (Å²) in [5.41, 5.74) is 6.19. The van der Waals surface area contributed by atoms with E-state index in [1.165, 1.54) is 7.11 Å². The van der Waals surface area contributed by atoms with Gasteiger partial charge in [0.2, 0.25) is 5.91 Å². The van der Waals surface area contributed by atoms with Crippen LogP contribution in [0, 0.1) is 0 Å². The predicted octanol–water partition coefficient (Wildman–Crippen LogP) is -0.0416. The van der Waals surface area contributed by atoms with Crippen molar-refractivity contribution >= 4 is 11.6 Å². The van der Waals surface area contributed by atoms with Crippen molar-refractivity contribution in [1.82, 2.24) is 4.90 Å². The topological polar surface area (TPSA) is 67.9 Å². The van der Waals surface area contributed by atoms with E-state index >= 15 is 0 Å². The van der Waals surface area contributed by atoms with Gasteiger partial charge in [-0.15, -0.1) is 0 Å². The van der Waals surface area contributed by atoms with Gasteiger partial charge in [-0.05, 0) is 13.0 Å². The van der Waals surface area contributed by atoms with Gasteiger partial charge in [-0.3, -0.25) is 9.69 Å². The van der Waals surface area contributed by atoms with E-state index in [4.69, 9.17) is 5.73 Å². The minimum atomic E-state index is -0.278. The molecule has 0 aromatic rings. The zero-order valence-corrected chi connectivity index (χ0v) is 8.69. The molecule has 0 aliphatic carbocycles. The lowest BCUT2D eigenvalue weighted by Crippen LogP contribution is -2.40. The molecule has 1 aliphatic heterocycles. The van der Waals surface area contributed by atoms with Crippen molar-refractivity contribution in [3.05, 3.63) is 0 Å². The number of amides is 1. The van der Waals surface area contributed by atoms with Crippen LogP contribution in [-0.4, -0.2) is 42.8 Å². The number of primary amides is 1. The summed E-state index contributed by atoms with van der Waals surface area (Å²) in [5, 5.41) is 3.86. The Labute approximate surface area is 83.9 Å². The second-order valence-electron chi connectivity index (χ2n) is 3.43. The zero-order chi connectivity index (χ0) is 10.6. The first-order valence-corrected chi connectivity index (χ1v) is 4.81. The first-order chi connectivity index (χ1) is 6.69. The van der Waals surface area contributed by atoms with Crippen molar-refractivity contribution in [1.29, 1.82) is 0 Å². The first kappa shape index (κ1) is 11.0. The summed E-state index contributed by atoms with van der Waals surface area (Å²) < 4.78 is 0. The maximum atomic E-state index is 11.1. The van der Waals surface area contributed by atoms with Crippen LogP contribution < -0.4 is 5.73 Å². The summed E-state index contributed by atoms with van der Waals surface area (Å²) in [6.45, 7) is 3.63. The molecule has 5 nitrogen and oxygen atoms in total. The average Bonchev–Trinajstić information content (AvgIpc) is 2.49. The average molecular weight is 199 g/mol. The molecule has 1 rings (SSSR count). The van der Waals surface area contributed by atoms with Gasteiger partial charge in [0.15, 0.2) is 0 Å². The van der Waals surface area contributed by atoms with Crippen molar-refractivity contribution in [3.8, 4) is 0 Å². The van der Waals surface area contributed by atoms with E-state index in [1.54, 1.807) is 0 Å². The fraction of sp³-hybridized carbons (Fsp3) is 0.778. The molecule has 1 fully saturated rings. The summed E-state index contributed by atoms with van der Waals surface area (Å²) in [5.74, 6) is -0.278. The van der Waals surface area contributed by atoms with Gasteiger partial charge in [0.25, 0.3) is 0 Å². The lowest BCUT2D eigenvalue weighted by atomic mass is 10.2. The van der Waals surface area contributed by atoms with Crippen LogP contribution in [0.3, 0.4) is 0 Å². The van der Waals surface area contributed by atoms with Crippen LogP contribution in [0.1, 0.15) is 19.8 Å². The molecule has 0 aromatic carbocycles. The molecule has 1 heterocycles. The predicted molar refractivity (Wildman–Crippen MR) is 53.9 cm³/mol. The molecule has 0 bridgehead atoms. The Balaban J connectivity index is 2.64. The Morgan fingerprint density at radius 3 is 3.00 bits per heavy atom. The number of hydrogen-bond acceptors (Lipinski definition) is 4. The number of hydrogen-bond donors (Lipinski definition) is 1. The van der Waals surface area contributed by atoms with E-state index in [1.807, 2.05) is 4.90 Å². The van der Waals surface area contributed by atoms with Gasteiger partial charge in [-0.25, -0.2) is 0 Å². The van der Waals surface area contributed by atoms with Crippen LogP contribution in [0.5, 0.6) is 0 Å². The van der Waals surface area contributed by atoms with Crippen molar-refractivity contribution in [2.24, 2.45) is 10.9 Å². The Morgan fingerprint density at radius 1 is 1.79 bits per heavy atom. The molecular weight excluding hydrogens is 182 g/mol. The Morgan fingerprint density at radius 2 is 2.50 bits per heavy atom. The number of nitrogens with zero attached hydrogens (tertiary/aromatic N) is 2. The van der Waals surface area contributed by atoms with Crippen molar-refractivity contribution in [3.63, 3.8) is 0 Å². The molecule has 0 saturated carbocycles.